The molecule has 0 saturated carbocycles. The van der Waals surface area contributed by atoms with E-state index < -0.39 is 12.0 Å². The van der Waals surface area contributed by atoms with Crippen LogP contribution < -0.4 is 5.32 Å². The number of nitrogens with one attached hydrogen (secondary N) is 1. The van der Waals surface area contributed by atoms with Crippen molar-refractivity contribution in [3.05, 3.63) is 39.0 Å². The number of fused-ring (bicyclic) bond motifs is 3. The van der Waals surface area contributed by atoms with Crippen LogP contribution in [0, 0.1) is 16.4 Å². The average Bonchev–Trinajstić information content (AvgIpc) is 2.76. The van der Waals surface area contributed by atoms with Gasteiger partial charge in [0.1, 0.15) is 6.04 Å². The first kappa shape index (κ1) is 12.0. The quantitative estimate of drug-likeness (QED) is 0.601. The number of aliphatic carboxylic acids is 1. The maximum Gasteiger partial charge on any atom is 0.326 e. The van der Waals surface area contributed by atoms with Gasteiger partial charge in [-0.2, -0.15) is 0 Å². The van der Waals surface area contributed by atoms with Crippen LogP contribution >= 0.6 is 22.6 Å². The first-order chi connectivity index (χ1) is 8.58. The SMILES string of the molecule is Cc1cc(I)cc2c1N[C@@H](C(=O)O)[C@H]1CC=C[C@H]21. The minimum atomic E-state index is -0.752. The van der Waals surface area contributed by atoms with Crippen LogP contribution in [0.2, 0.25) is 0 Å². The fourth-order valence-electron chi connectivity index (χ4n) is 3.09. The van der Waals surface area contributed by atoms with Crippen molar-refractivity contribution in [2.75, 3.05) is 5.32 Å². The number of hydrogen-bond donors (Lipinski definition) is 2. The molecule has 2 N–H and O–H groups in total. The van der Waals surface area contributed by atoms with E-state index in [2.05, 4.69) is 52.2 Å². The monoisotopic (exact) mass is 355 g/mol. The number of benzene rings is 1. The van der Waals surface area contributed by atoms with E-state index in [9.17, 15) is 9.90 Å². The van der Waals surface area contributed by atoms with Gasteiger partial charge in [0.05, 0.1) is 0 Å². The molecule has 94 valence electrons. The van der Waals surface area contributed by atoms with Crippen LogP contribution in [0.15, 0.2) is 24.3 Å². The molecule has 0 saturated heterocycles. The Morgan fingerprint density at radius 3 is 3.00 bits per heavy atom. The van der Waals surface area contributed by atoms with Gasteiger partial charge in [-0.05, 0) is 59.2 Å². The molecule has 3 rings (SSSR count). The molecule has 1 aromatic carbocycles. The van der Waals surface area contributed by atoms with Crippen LogP contribution in [0.25, 0.3) is 0 Å². The fourth-order valence-corrected chi connectivity index (χ4v) is 3.89. The Bertz CT molecular complexity index is 553. The number of carbonyl (C=O) groups is 1. The van der Waals surface area contributed by atoms with Gasteiger partial charge >= 0.3 is 5.97 Å². The molecule has 4 heteroatoms. The van der Waals surface area contributed by atoms with Gasteiger partial charge in [-0.3, -0.25) is 0 Å². The van der Waals surface area contributed by atoms with Gasteiger partial charge in [-0.15, -0.1) is 0 Å². The van der Waals surface area contributed by atoms with Crippen molar-refractivity contribution in [3.63, 3.8) is 0 Å². The minimum absolute atomic E-state index is 0.146. The van der Waals surface area contributed by atoms with E-state index in [4.69, 9.17) is 0 Å². The van der Waals surface area contributed by atoms with Crippen LogP contribution in [0.1, 0.15) is 23.5 Å². The molecule has 3 nitrogen and oxygen atoms in total. The second-order valence-corrected chi connectivity index (χ2v) is 6.25. The average molecular weight is 355 g/mol. The van der Waals surface area contributed by atoms with E-state index in [1.165, 1.54) is 9.13 Å². The number of rotatable bonds is 1. The highest BCUT2D eigenvalue weighted by molar-refractivity contribution is 14.1. The van der Waals surface area contributed by atoms with E-state index in [1.807, 2.05) is 6.92 Å². The molecule has 1 heterocycles. The smallest absolute Gasteiger partial charge is 0.326 e. The second kappa shape index (κ2) is 4.26. The molecular formula is C14H14INO2. The van der Waals surface area contributed by atoms with E-state index in [0.29, 0.717) is 0 Å². The molecule has 0 fully saturated rings. The van der Waals surface area contributed by atoms with E-state index in [1.54, 1.807) is 0 Å². The van der Waals surface area contributed by atoms with Gasteiger partial charge < -0.3 is 10.4 Å². The van der Waals surface area contributed by atoms with Crippen LogP contribution in [0.5, 0.6) is 0 Å². The molecule has 3 atom stereocenters. The summed E-state index contributed by atoms with van der Waals surface area (Å²) in [5, 5.41) is 12.6. The summed E-state index contributed by atoms with van der Waals surface area (Å²) in [6.45, 7) is 2.03. The lowest BCUT2D eigenvalue weighted by molar-refractivity contribution is -0.139. The number of carboxylic acid groups (broad SMARTS) is 1. The Labute approximate surface area is 119 Å². The van der Waals surface area contributed by atoms with Crippen molar-refractivity contribution in [2.24, 2.45) is 5.92 Å². The zero-order valence-corrected chi connectivity index (χ0v) is 12.1. The minimum Gasteiger partial charge on any atom is -0.480 e. The number of carboxylic acids is 1. The Morgan fingerprint density at radius 1 is 1.50 bits per heavy atom. The summed E-state index contributed by atoms with van der Waals surface area (Å²) < 4.78 is 1.21. The molecule has 2 aliphatic rings. The van der Waals surface area contributed by atoms with Crippen molar-refractivity contribution >= 4 is 34.2 Å². The number of anilines is 1. The third-order valence-corrected chi connectivity index (χ3v) is 4.52. The zero-order valence-electron chi connectivity index (χ0n) is 9.98. The van der Waals surface area contributed by atoms with E-state index >= 15 is 0 Å². The van der Waals surface area contributed by atoms with Crippen molar-refractivity contribution in [2.45, 2.75) is 25.3 Å². The summed E-state index contributed by atoms with van der Waals surface area (Å²) >= 11 is 2.32. The molecule has 0 amide bonds. The van der Waals surface area contributed by atoms with Crippen LogP contribution in [-0.2, 0) is 4.79 Å². The standard InChI is InChI=1S/C14H14INO2/c1-7-5-8(15)6-11-9-3-2-4-10(9)13(14(17)18)16-12(7)11/h2-3,5-6,9-10,13,16H,4H2,1H3,(H,17,18)/t9-,10-,13+/m0/s1. The van der Waals surface area contributed by atoms with Crippen molar-refractivity contribution in [1.29, 1.82) is 0 Å². The van der Waals surface area contributed by atoms with Gasteiger partial charge in [0, 0.05) is 21.1 Å². The van der Waals surface area contributed by atoms with E-state index in [-0.39, 0.29) is 11.8 Å². The van der Waals surface area contributed by atoms with Gasteiger partial charge in [0.15, 0.2) is 0 Å². The molecular weight excluding hydrogens is 341 g/mol. The lowest BCUT2D eigenvalue weighted by Gasteiger charge is -2.35. The van der Waals surface area contributed by atoms with Gasteiger partial charge in [0.25, 0.3) is 0 Å². The first-order valence-corrected chi connectivity index (χ1v) is 7.12. The highest BCUT2D eigenvalue weighted by atomic mass is 127. The summed E-state index contributed by atoms with van der Waals surface area (Å²) in [6, 6.07) is 3.78. The van der Waals surface area contributed by atoms with Gasteiger partial charge in [-0.25, -0.2) is 4.79 Å². The molecule has 0 aromatic heterocycles. The molecule has 18 heavy (non-hydrogen) atoms. The summed E-state index contributed by atoms with van der Waals surface area (Å²) in [5.41, 5.74) is 3.38. The topological polar surface area (TPSA) is 49.3 Å². The Morgan fingerprint density at radius 2 is 2.28 bits per heavy atom. The Kier molecular flexibility index (Phi) is 2.84. The fraction of sp³-hybridized carbons (Fsp3) is 0.357. The summed E-state index contributed by atoms with van der Waals surface area (Å²) in [6.07, 6.45) is 5.12. The third-order valence-electron chi connectivity index (χ3n) is 3.90. The lowest BCUT2D eigenvalue weighted by atomic mass is 9.78. The predicted molar refractivity (Wildman–Crippen MR) is 78.9 cm³/mol. The molecule has 0 bridgehead atoms. The molecule has 1 aliphatic heterocycles. The Balaban J connectivity index is 2.14. The maximum absolute atomic E-state index is 11.4. The van der Waals surface area contributed by atoms with E-state index in [0.717, 1.165) is 17.7 Å². The van der Waals surface area contributed by atoms with Gasteiger partial charge in [-0.1, -0.05) is 12.2 Å². The molecule has 0 spiro atoms. The van der Waals surface area contributed by atoms with Crippen LogP contribution in [0.4, 0.5) is 5.69 Å². The lowest BCUT2D eigenvalue weighted by Crippen LogP contribution is -2.42. The van der Waals surface area contributed by atoms with Crippen molar-refractivity contribution in [3.8, 4) is 0 Å². The number of aryl methyl sites for hydroxylation is 1. The van der Waals surface area contributed by atoms with Crippen LogP contribution in [0.3, 0.4) is 0 Å². The third kappa shape index (κ3) is 1.74. The van der Waals surface area contributed by atoms with Gasteiger partial charge in [0.2, 0.25) is 0 Å². The normalized spacial score (nSPS) is 28.4. The van der Waals surface area contributed by atoms with Crippen molar-refractivity contribution < 1.29 is 9.90 Å². The van der Waals surface area contributed by atoms with Crippen molar-refractivity contribution in [1.82, 2.24) is 0 Å². The largest absolute Gasteiger partial charge is 0.480 e. The first-order valence-electron chi connectivity index (χ1n) is 6.04. The maximum atomic E-state index is 11.4. The summed E-state index contributed by atoms with van der Waals surface area (Å²) in [4.78, 5) is 11.4. The second-order valence-electron chi connectivity index (χ2n) is 5.00. The molecule has 1 aromatic rings. The number of hydrogen-bond acceptors (Lipinski definition) is 2. The summed E-state index contributed by atoms with van der Waals surface area (Å²) in [5.74, 6) is -0.360. The predicted octanol–water partition coefficient (Wildman–Crippen LogP) is 3.14. The zero-order chi connectivity index (χ0) is 12.9. The highest BCUT2D eigenvalue weighted by Crippen LogP contribution is 2.46. The van der Waals surface area contributed by atoms with Crippen LogP contribution in [-0.4, -0.2) is 17.1 Å². The molecule has 0 unspecified atom stereocenters. The molecule has 0 radical (unpaired) electrons. The highest BCUT2D eigenvalue weighted by Gasteiger charge is 2.41. The Hall–Kier alpha value is -1.04. The number of halogens is 1. The molecule has 1 aliphatic carbocycles. The summed E-state index contributed by atoms with van der Waals surface area (Å²) in [7, 11) is 0. The number of allylic oxidation sites excluding steroid dienone is 2.